The van der Waals surface area contributed by atoms with Crippen molar-refractivity contribution in [3.05, 3.63) is 69.4 Å². The van der Waals surface area contributed by atoms with Gasteiger partial charge in [0.1, 0.15) is 10.7 Å². The van der Waals surface area contributed by atoms with Gasteiger partial charge in [0.15, 0.2) is 0 Å². The van der Waals surface area contributed by atoms with Gasteiger partial charge < -0.3 is 5.32 Å². The van der Waals surface area contributed by atoms with Crippen LogP contribution in [0.25, 0.3) is 0 Å². The minimum absolute atomic E-state index is 0.0296. The molecule has 0 saturated heterocycles. The largest absolute Gasteiger partial charge is 0.321 e. The van der Waals surface area contributed by atoms with E-state index in [9.17, 15) is 17.6 Å². The highest BCUT2D eigenvalue weighted by atomic mass is 32.2. The zero-order chi connectivity index (χ0) is 21.5. The monoisotopic (exact) mass is 445 g/mol. The Labute approximate surface area is 178 Å². The summed E-state index contributed by atoms with van der Waals surface area (Å²) in [7, 11) is -3.85. The molecule has 2 heterocycles. The Hall–Kier alpha value is -2.78. The fourth-order valence-corrected chi connectivity index (χ4v) is 5.88. The number of rotatable bonds is 4. The fraction of sp³-hybridized carbons (Fsp3) is 0.238. The summed E-state index contributed by atoms with van der Waals surface area (Å²) in [5.74, 6) is -0.770. The van der Waals surface area contributed by atoms with Crippen molar-refractivity contribution in [2.45, 2.75) is 31.6 Å². The molecule has 30 heavy (non-hydrogen) atoms. The molecule has 3 aromatic rings. The van der Waals surface area contributed by atoms with E-state index in [0.717, 1.165) is 29.1 Å². The van der Waals surface area contributed by atoms with E-state index in [0.29, 0.717) is 34.9 Å². The van der Waals surface area contributed by atoms with E-state index >= 15 is 0 Å². The summed E-state index contributed by atoms with van der Waals surface area (Å²) in [6.07, 6.45) is 1.42. The molecule has 6 nitrogen and oxygen atoms in total. The summed E-state index contributed by atoms with van der Waals surface area (Å²) < 4.78 is 40.9. The van der Waals surface area contributed by atoms with Gasteiger partial charge in [-0.15, -0.1) is 11.3 Å². The summed E-state index contributed by atoms with van der Waals surface area (Å²) in [5, 5.41) is 3.65. The lowest BCUT2D eigenvalue weighted by Gasteiger charge is -2.31. The number of carbonyl (C=O) groups excluding carboxylic acids is 1. The van der Waals surface area contributed by atoms with Crippen LogP contribution in [0.3, 0.4) is 0 Å². The molecule has 0 unspecified atom stereocenters. The van der Waals surface area contributed by atoms with Crippen molar-refractivity contribution in [3.63, 3.8) is 0 Å². The lowest BCUT2D eigenvalue weighted by atomic mass is 10.0. The number of anilines is 2. The molecule has 2 aromatic carbocycles. The van der Waals surface area contributed by atoms with E-state index in [1.165, 1.54) is 27.8 Å². The van der Waals surface area contributed by atoms with E-state index in [2.05, 4.69) is 10.3 Å². The summed E-state index contributed by atoms with van der Waals surface area (Å²) in [4.78, 5) is 17.5. The number of aromatic nitrogens is 1. The number of hydrogen-bond acceptors (Lipinski definition) is 5. The first-order valence-corrected chi connectivity index (χ1v) is 11.7. The second-order valence-electron chi connectivity index (χ2n) is 7.08. The number of amides is 1. The smallest absolute Gasteiger partial charge is 0.267 e. The number of benzene rings is 2. The van der Waals surface area contributed by atoms with Crippen LogP contribution in [-0.4, -0.2) is 25.9 Å². The molecule has 1 aliphatic rings. The van der Waals surface area contributed by atoms with Crippen LogP contribution in [0.2, 0.25) is 0 Å². The van der Waals surface area contributed by atoms with Crippen LogP contribution in [0, 0.1) is 19.7 Å². The zero-order valence-corrected chi connectivity index (χ0v) is 18.1. The molecule has 1 amide bonds. The first-order chi connectivity index (χ1) is 14.3. The molecule has 0 bridgehead atoms. The van der Waals surface area contributed by atoms with Crippen LogP contribution in [0.4, 0.5) is 15.8 Å². The molecule has 1 N–H and O–H groups in total. The number of fused-ring (bicyclic) bond motifs is 1. The molecule has 0 fully saturated rings. The van der Waals surface area contributed by atoms with Gasteiger partial charge in [0, 0.05) is 12.2 Å². The van der Waals surface area contributed by atoms with E-state index in [1.54, 1.807) is 19.1 Å². The fourth-order valence-electron chi connectivity index (χ4n) is 3.53. The highest BCUT2D eigenvalue weighted by Crippen LogP contribution is 2.34. The van der Waals surface area contributed by atoms with Crippen LogP contribution < -0.4 is 9.62 Å². The molecule has 4 rings (SSSR count). The Morgan fingerprint density at radius 3 is 2.57 bits per heavy atom. The maximum absolute atomic E-state index is 13.2. The SMILES string of the molecule is Cc1nc(C)c(C(=O)Nc2ccc3c(c2)N(S(=O)(=O)c2ccc(F)cc2)CCC3)s1. The number of thiazole rings is 1. The van der Waals surface area contributed by atoms with Crippen LogP contribution >= 0.6 is 11.3 Å². The molecule has 9 heteroatoms. The molecule has 0 spiro atoms. The average Bonchev–Trinajstić information content (AvgIpc) is 3.06. The number of halogens is 1. The Morgan fingerprint density at radius 2 is 1.90 bits per heavy atom. The lowest BCUT2D eigenvalue weighted by Crippen LogP contribution is -2.35. The van der Waals surface area contributed by atoms with E-state index in [1.807, 2.05) is 13.0 Å². The normalized spacial score (nSPS) is 13.8. The van der Waals surface area contributed by atoms with Crippen molar-refractivity contribution in [1.82, 2.24) is 4.98 Å². The van der Waals surface area contributed by atoms with Crippen molar-refractivity contribution in [1.29, 1.82) is 0 Å². The number of hydrogen-bond donors (Lipinski definition) is 1. The van der Waals surface area contributed by atoms with Gasteiger partial charge in [-0.1, -0.05) is 6.07 Å². The van der Waals surface area contributed by atoms with Crippen molar-refractivity contribution in [3.8, 4) is 0 Å². The van der Waals surface area contributed by atoms with Crippen molar-refractivity contribution in [2.24, 2.45) is 0 Å². The van der Waals surface area contributed by atoms with Crippen LogP contribution in [0.1, 0.15) is 32.4 Å². The molecule has 0 atom stereocenters. The quantitative estimate of drug-likeness (QED) is 0.650. The van der Waals surface area contributed by atoms with E-state index < -0.39 is 15.8 Å². The van der Waals surface area contributed by atoms with Crippen LogP contribution in [-0.2, 0) is 16.4 Å². The molecule has 0 radical (unpaired) electrons. The third kappa shape index (κ3) is 3.82. The number of nitrogens with zero attached hydrogens (tertiary/aromatic N) is 2. The maximum Gasteiger partial charge on any atom is 0.267 e. The van der Waals surface area contributed by atoms with Gasteiger partial charge in [-0.3, -0.25) is 9.10 Å². The molecule has 156 valence electrons. The first kappa shape index (κ1) is 20.5. The average molecular weight is 446 g/mol. The van der Waals surface area contributed by atoms with E-state index in [-0.39, 0.29) is 10.8 Å². The predicted octanol–water partition coefficient (Wildman–Crippen LogP) is 4.29. The zero-order valence-electron chi connectivity index (χ0n) is 16.5. The third-order valence-electron chi connectivity index (χ3n) is 4.93. The highest BCUT2D eigenvalue weighted by Gasteiger charge is 2.29. The first-order valence-electron chi connectivity index (χ1n) is 9.42. The summed E-state index contributed by atoms with van der Waals surface area (Å²) in [6, 6.07) is 10.1. The topological polar surface area (TPSA) is 79.4 Å². The Morgan fingerprint density at radius 1 is 1.17 bits per heavy atom. The maximum atomic E-state index is 13.2. The summed E-state index contributed by atoms with van der Waals surface area (Å²) >= 11 is 1.31. The van der Waals surface area contributed by atoms with Crippen molar-refractivity contribution in [2.75, 3.05) is 16.2 Å². The van der Waals surface area contributed by atoms with Gasteiger partial charge >= 0.3 is 0 Å². The van der Waals surface area contributed by atoms with E-state index in [4.69, 9.17) is 0 Å². The minimum atomic E-state index is -3.85. The van der Waals surface area contributed by atoms with Gasteiger partial charge in [-0.2, -0.15) is 0 Å². The number of nitrogens with one attached hydrogen (secondary N) is 1. The number of carbonyl (C=O) groups is 1. The molecule has 1 aliphatic heterocycles. The van der Waals surface area contributed by atoms with Gasteiger partial charge in [0.2, 0.25) is 0 Å². The number of aryl methyl sites for hydroxylation is 3. The molecular formula is C21H20FN3O3S2. The summed E-state index contributed by atoms with van der Waals surface area (Å²) in [6.45, 7) is 3.94. The summed E-state index contributed by atoms with van der Waals surface area (Å²) in [5.41, 5.74) is 2.58. The standard InChI is InChI=1S/C21H20FN3O3S2/c1-13-20(29-14(2)23-13)21(26)24-17-8-5-15-4-3-11-25(19(15)12-17)30(27,28)18-9-6-16(22)7-10-18/h5-10,12H,3-4,11H2,1-2H3,(H,24,26). The van der Waals surface area contributed by atoms with Gasteiger partial charge in [0.25, 0.3) is 15.9 Å². The lowest BCUT2D eigenvalue weighted by molar-refractivity contribution is 0.103. The predicted molar refractivity (Wildman–Crippen MR) is 115 cm³/mol. The third-order valence-corrected chi connectivity index (χ3v) is 7.83. The molecular weight excluding hydrogens is 425 g/mol. The Bertz CT molecular complexity index is 1220. The van der Waals surface area contributed by atoms with Crippen LogP contribution in [0.15, 0.2) is 47.4 Å². The minimum Gasteiger partial charge on any atom is -0.321 e. The van der Waals surface area contributed by atoms with Crippen molar-refractivity contribution < 1.29 is 17.6 Å². The molecule has 1 aromatic heterocycles. The number of sulfonamides is 1. The second kappa shape index (κ2) is 7.81. The highest BCUT2D eigenvalue weighted by molar-refractivity contribution is 7.92. The van der Waals surface area contributed by atoms with Crippen molar-refractivity contribution >= 4 is 38.6 Å². The van der Waals surface area contributed by atoms with Gasteiger partial charge in [-0.25, -0.2) is 17.8 Å². The Balaban J connectivity index is 1.67. The van der Waals surface area contributed by atoms with Crippen LogP contribution in [0.5, 0.6) is 0 Å². The van der Waals surface area contributed by atoms with Gasteiger partial charge in [0.05, 0.1) is 21.3 Å². The second-order valence-corrected chi connectivity index (χ2v) is 10.1. The molecule has 0 saturated carbocycles. The Kier molecular flexibility index (Phi) is 5.33. The van der Waals surface area contributed by atoms with Gasteiger partial charge in [-0.05, 0) is 68.7 Å². The molecule has 0 aliphatic carbocycles.